The third-order valence-corrected chi connectivity index (χ3v) is 3.04. The molecule has 0 bridgehead atoms. The van der Waals surface area contributed by atoms with Crippen LogP contribution in [0.15, 0.2) is 23.0 Å². The topological polar surface area (TPSA) is 80.9 Å². The molecule has 21 heavy (non-hydrogen) atoms. The number of nitro groups is 1. The van der Waals surface area contributed by atoms with Crippen molar-refractivity contribution in [2.24, 2.45) is 0 Å². The Morgan fingerprint density at radius 2 is 1.71 bits per heavy atom. The summed E-state index contributed by atoms with van der Waals surface area (Å²) < 4.78 is 38.1. The lowest BCUT2D eigenvalue weighted by Crippen LogP contribution is -2.15. The van der Waals surface area contributed by atoms with Gasteiger partial charge in [-0.15, -0.1) is 0 Å². The smallest absolute Gasteiger partial charge is 0.286 e. The number of halogens is 5. The number of H-pyrrole nitrogens is 1. The maximum absolute atomic E-state index is 12.5. The average Bonchev–Trinajstić information content (AvgIpc) is 2.70. The molecule has 0 aliphatic rings. The van der Waals surface area contributed by atoms with Gasteiger partial charge in [-0.3, -0.25) is 20.0 Å². The van der Waals surface area contributed by atoms with E-state index in [0.717, 1.165) is 12.1 Å². The molecular weight excluding hydrogens is 338 g/mol. The number of nitrogens with one attached hydrogen (secondary N) is 1. The Morgan fingerprint density at radius 3 is 2.10 bits per heavy atom. The standard InChI is InChI=1S/C10H4Cl2F3N3O3/c11-5-1-4(18(20)21)2-6(12)9(5)17-8(19)3-7(16-17)10(13,14)15/h1-3,16H. The highest BCUT2D eigenvalue weighted by atomic mass is 35.5. The summed E-state index contributed by atoms with van der Waals surface area (Å²) in [6.45, 7) is 0. The third kappa shape index (κ3) is 2.88. The van der Waals surface area contributed by atoms with Crippen LogP contribution in [0.4, 0.5) is 18.9 Å². The Bertz CT molecular complexity index is 759. The lowest BCUT2D eigenvalue weighted by atomic mass is 10.3. The number of aromatic nitrogens is 2. The fraction of sp³-hybridized carbons (Fsp3) is 0.100. The molecule has 0 spiro atoms. The number of hydrogen-bond donors (Lipinski definition) is 1. The van der Waals surface area contributed by atoms with Gasteiger partial charge in [-0.05, 0) is 0 Å². The number of rotatable bonds is 2. The van der Waals surface area contributed by atoms with Gasteiger partial charge in [0.15, 0.2) is 0 Å². The summed E-state index contributed by atoms with van der Waals surface area (Å²) in [5.41, 5.74) is -3.10. The summed E-state index contributed by atoms with van der Waals surface area (Å²) >= 11 is 11.5. The van der Waals surface area contributed by atoms with Gasteiger partial charge in [-0.1, -0.05) is 23.2 Å². The molecule has 0 amide bonds. The molecule has 0 unspecified atom stereocenters. The number of non-ortho nitro benzene ring substituents is 1. The first-order valence-corrected chi connectivity index (χ1v) is 5.90. The predicted molar refractivity (Wildman–Crippen MR) is 68.1 cm³/mol. The van der Waals surface area contributed by atoms with Crippen LogP contribution in [-0.2, 0) is 6.18 Å². The highest BCUT2D eigenvalue weighted by Gasteiger charge is 2.34. The zero-order valence-electron chi connectivity index (χ0n) is 9.74. The maximum atomic E-state index is 12.5. The van der Waals surface area contributed by atoms with Gasteiger partial charge in [0, 0.05) is 18.2 Å². The van der Waals surface area contributed by atoms with Crippen molar-refractivity contribution >= 4 is 28.9 Å². The second-order valence-corrected chi connectivity index (χ2v) is 4.67. The summed E-state index contributed by atoms with van der Waals surface area (Å²) in [5.74, 6) is 0. The van der Waals surface area contributed by atoms with Gasteiger partial charge in [0.25, 0.3) is 11.2 Å². The van der Waals surface area contributed by atoms with E-state index in [2.05, 4.69) is 0 Å². The van der Waals surface area contributed by atoms with Crippen molar-refractivity contribution in [1.82, 2.24) is 9.78 Å². The average molecular weight is 342 g/mol. The van der Waals surface area contributed by atoms with Crippen molar-refractivity contribution in [2.45, 2.75) is 6.18 Å². The number of nitrogens with zero attached hydrogens (tertiary/aromatic N) is 2. The predicted octanol–water partition coefficient (Wildman–Crippen LogP) is 3.40. The Morgan fingerprint density at radius 1 is 1.19 bits per heavy atom. The van der Waals surface area contributed by atoms with Crippen molar-refractivity contribution in [3.8, 4) is 5.69 Å². The Kier molecular flexibility index (Phi) is 3.72. The molecule has 1 aromatic carbocycles. The molecule has 2 rings (SSSR count). The van der Waals surface area contributed by atoms with Crippen LogP contribution in [0.2, 0.25) is 10.0 Å². The van der Waals surface area contributed by atoms with Crippen LogP contribution in [0.25, 0.3) is 5.69 Å². The second-order valence-electron chi connectivity index (χ2n) is 3.86. The van der Waals surface area contributed by atoms with E-state index in [9.17, 15) is 28.1 Å². The second kappa shape index (κ2) is 5.08. The molecule has 11 heteroatoms. The summed E-state index contributed by atoms with van der Waals surface area (Å²) in [6, 6.07) is 2.08. The van der Waals surface area contributed by atoms with E-state index in [1.54, 1.807) is 0 Å². The number of hydrogen-bond acceptors (Lipinski definition) is 3. The molecule has 2 aromatic rings. The molecule has 1 N–H and O–H groups in total. The van der Waals surface area contributed by atoms with E-state index in [-0.39, 0.29) is 15.7 Å². The van der Waals surface area contributed by atoms with Crippen LogP contribution < -0.4 is 5.56 Å². The SMILES string of the molecule is O=c1cc(C(F)(F)F)[nH]n1-c1c(Cl)cc([N+](=O)[O-])cc1Cl. The normalized spacial score (nSPS) is 11.7. The fourth-order valence-corrected chi connectivity index (χ4v) is 2.22. The van der Waals surface area contributed by atoms with E-state index in [4.69, 9.17) is 23.2 Å². The fourth-order valence-electron chi connectivity index (χ4n) is 1.58. The van der Waals surface area contributed by atoms with Gasteiger partial charge < -0.3 is 0 Å². The molecule has 1 heterocycles. The summed E-state index contributed by atoms with van der Waals surface area (Å²) in [4.78, 5) is 21.4. The number of nitro benzene ring substituents is 1. The van der Waals surface area contributed by atoms with Crippen LogP contribution in [0.5, 0.6) is 0 Å². The summed E-state index contributed by atoms with van der Waals surface area (Å²) in [5, 5.41) is 11.7. The summed E-state index contributed by atoms with van der Waals surface area (Å²) in [6.07, 6.45) is -4.76. The minimum Gasteiger partial charge on any atom is -0.286 e. The first-order chi connectivity index (χ1) is 9.61. The van der Waals surface area contributed by atoms with Gasteiger partial charge in [0.1, 0.15) is 11.4 Å². The number of alkyl halides is 3. The van der Waals surface area contributed by atoms with E-state index in [1.807, 2.05) is 5.10 Å². The van der Waals surface area contributed by atoms with Crippen LogP contribution in [0, 0.1) is 10.1 Å². The van der Waals surface area contributed by atoms with Gasteiger partial charge in [0.05, 0.1) is 15.0 Å². The first-order valence-electron chi connectivity index (χ1n) is 5.14. The maximum Gasteiger partial charge on any atom is 0.432 e. The molecule has 0 atom stereocenters. The Labute approximate surface area is 123 Å². The molecule has 0 aliphatic carbocycles. The molecule has 6 nitrogen and oxygen atoms in total. The van der Waals surface area contributed by atoms with E-state index in [0.29, 0.717) is 10.7 Å². The van der Waals surface area contributed by atoms with Crippen molar-refractivity contribution < 1.29 is 18.1 Å². The highest BCUT2D eigenvalue weighted by Crippen LogP contribution is 2.33. The Hall–Kier alpha value is -2.00. The summed E-state index contributed by atoms with van der Waals surface area (Å²) in [7, 11) is 0. The molecular formula is C10H4Cl2F3N3O3. The molecule has 0 saturated carbocycles. The quantitative estimate of drug-likeness (QED) is 0.671. The minimum absolute atomic E-state index is 0.301. The van der Waals surface area contributed by atoms with E-state index >= 15 is 0 Å². The van der Waals surface area contributed by atoms with Crippen LogP contribution in [-0.4, -0.2) is 14.7 Å². The Balaban J connectivity index is 2.66. The van der Waals surface area contributed by atoms with E-state index < -0.39 is 28.0 Å². The number of aromatic amines is 1. The van der Waals surface area contributed by atoms with Crippen LogP contribution >= 0.6 is 23.2 Å². The third-order valence-electron chi connectivity index (χ3n) is 2.46. The monoisotopic (exact) mass is 341 g/mol. The minimum atomic E-state index is -4.76. The largest absolute Gasteiger partial charge is 0.432 e. The van der Waals surface area contributed by atoms with Crippen molar-refractivity contribution in [2.75, 3.05) is 0 Å². The lowest BCUT2D eigenvalue weighted by Gasteiger charge is -2.08. The molecule has 0 fully saturated rings. The molecule has 0 aliphatic heterocycles. The highest BCUT2D eigenvalue weighted by molar-refractivity contribution is 6.38. The zero-order valence-corrected chi connectivity index (χ0v) is 11.3. The van der Waals surface area contributed by atoms with Crippen molar-refractivity contribution in [3.63, 3.8) is 0 Å². The number of benzene rings is 1. The van der Waals surface area contributed by atoms with Crippen LogP contribution in [0.3, 0.4) is 0 Å². The van der Waals surface area contributed by atoms with Gasteiger partial charge in [-0.25, -0.2) is 4.68 Å². The molecule has 112 valence electrons. The van der Waals surface area contributed by atoms with Gasteiger partial charge in [0.2, 0.25) is 0 Å². The van der Waals surface area contributed by atoms with Crippen LogP contribution in [0.1, 0.15) is 5.69 Å². The lowest BCUT2D eigenvalue weighted by molar-refractivity contribution is -0.384. The molecule has 0 saturated heterocycles. The molecule has 1 aromatic heterocycles. The van der Waals surface area contributed by atoms with Crippen molar-refractivity contribution in [3.05, 3.63) is 54.4 Å². The van der Waals surface area contributed by atoms with Gasteiger partial charge in [-0.2, -0.15) is 13.2 Å². The zero-order chi connectivity index (χ0) is 15.9. The first kappa shape index (κ1) is 15.4. The van der Waals surface area contributed by atoms with Crippen molar-refractivity contribution in [1.29, 1.82) is 0 Å². The molecule has 0 radical (unpaired) electrons. The van der Waals surface area contributed by atoms with Gasteiger partial charge >= 0.3 is 6.18 Å². The van der Waals surface area contributed by atoms with E-state index in [1.165, 1.54) is 0 Å².